The summed E-state index contributed by atoms with van der Waals surface area (Å²) in [7, 11) is -1.61. The van der Waals surface area contributed by atoms with E-state index in [2.05, 4.69) is 10.00 Å². The Morgan fingerprint density at radius 2 is 2.00 bits per heavy atom. The summed E-state index contributed by atoms with van der Waals surface area (Å²) in [5.41, 5.74) is 1.02. The normalized spacial score (nSPS) is 17.3. The van der Waals surface area contributed by atoms with E-state index in [4.69, 9.17) is 11.6 Å². The van der Waals surface area contributed by atoms with Crippen LogP contribution in [0.1, 0.15) is 0 Å². The minimum atomic E-state index is -3.48. The van der Waals surface area contributed by atoms with E-state index < -0.39 is 10.0 Å². The number of anilines is 1. The Bertz CT molecular complexity index is 732. The Morgan fingerprint density at radius 3 is 2.52 bits per heavy atom. The van der Waals surface area contributed by atoms with E-state index >= 15 is 0 Å². The number of aryl methyl sites for hydroxylation is 1. The minimum Gasteiger partial charge on any atom is -0.366 e. The summed E-state index contributed by atoms with van der Waals surface area (Å²) < 4.78 is 28.5. The summed E-state index contributed by atoms with van der Waals surface area (Å²) in [6, 6.07) is 1.62. The topological polar surface area (TPSA) is 58.4 Å². The Kier molecular flexibility index (Phi) is 3.96. The second-order valence-corrected chi connectivity index (χ2v) is 8.28. The quantitative estimate of drug-likeness (QED) is 0.848. The van der Waals surface area contributed by atoms with Crippen LogP contribution >= 0.6 is 22.9 Å². The van der Waals surface area contributed by atoms with E-state index in [1.807, 2.05) is 13.2 Å². The standard InChI is InChI=1S/C12H15ClN4O2S2/c1-15-9-10(8-14-15)16-3-5-17(6-4-16)21(18,19)12-11(13)2-7-20-12/h2,7-9H,3-6H2,1H3. The summed E-state index contributed by atoms with van der Waals surface area (Å²) in [5.74, 6) is 0. The van der Waals surface area contributed by atoms with Crippen molar-refractivity contribution in [2.45, 2.75) is 4.21 Å². The van der Waals surface area contributed by atoms with Crippen LogP contribution in [0.5, 0.6) is 0 Å². The molecule has 2 aromatic heterocycles. The van der Waals surface area contributed by atoms with Crippen LogP contribution in [0.3, 0.4) is 0 Å². The van der Waals surface area contributed by atoms with Crippen molar-refractivity contribution in [3.63, 3.8) is 0 Å². The molecular formula is C12H15ClN4O2S2. The fourth-order valence-corrected chi connectivity index (χ4v) is 5.57. The first kappa shape index (κ1) is 14.8. The first-order valence-corrected chi connectivity index (χ1v) is 9.15. The highest BCUT2D eigenvalue weighted by Crippen LogP contribution is 2.30. The monoisotopic (exact) mass is 346 g/mol. The molecule has 0 aromatic carbocycles. The SMILES string of the molecule is Cn1cc(N2CCN(S(=O)(=O)c3sccc3Cl)CC2)cn1. The van der Waals surface area contributed by atoms with Crippen molar-refractivity contribution in [1.82, 2.24) is 14.1 Å². The van der Waals surface area contributed by atoms with Gasteiger partial charge in [0.15, 0.2) is 4.21 Å². The molecule has 1 aliphatic rings. The molecule has 0 N–H and O–H groups in total. The lowest BCUT2D eigenvalue weighted by molar-refractivity contribution is 0.386. The van der Waals surface area contributed by atoms with E-state index in [0.717, 1.165) is 17.0 Å². The Hall–Kier alpha value is -1.09. The van der Waals surface area contributed by atoms with Gasteiger partial charge in [-0.05, 0) is 11.4 Å². The van der Waals surface area contributed by atoms with Crippen molar-refractivity contribution >= 4 is 38.6 Å². The van der Waals surface area contributed by atoms with Crippen LogP contribution in [-0.2, 0) is 17.1 Å². The molecule has 1 aliphatic heterocycles. The van der Waals surface area contributed by atoms with Crippen molar-refractivity contribution in [3.8, 4) is 0 Å². The third-order valence-electron chi connectivity index (χ3n) is 3.45. The van der Waals surface area contributed by atoms with E-state index in [1.165, 1.54) is 4.31 Å². The molecule has 1 fully saturated rings. The summed E-state index contributed by atoms with van der Waals surface area (Å²) in [4.78, 5) is 2.13. The fourth-order valence-electron chi connectivity index (χ4n) is 2.34. The van der Waals surface area contributed by atoms with Gasteiger partial charge in [-0.15, -0.1) is 11.3 Å². The highest BCUT2D eigenvalue weighted by Gasteiger charge is 2.31. The maximum Gasteiger partial charge on any atom is 0.254 e. The molecule has 2 aromatic rings. The molecule has 0 amide bonds. The zero-order chi connectivity index (χ0) is 15.0. The summed E-state index contributed by atoms with van der Waals surface area (Å²) in [5, 5.41) is 6.14. The minimum absolute atomic E-state index is 0.235. The molecule has 3 heterocycles. The lowest BCUT2D eigenvalue weighted by Crippen LogP contribution is -2.48. The number of rotatable bonds is 3. The molecule has 0 radical (unpaired) electrons. The number of piperazine rings is 1. The smallest absolute Gasteiger partial charge is 0.254 e. The molecule has 0 saturated carbocycles. The third-order valence-corrected chi connectivity index (χ3v) is 7.35. The van der Waals surface area contributed by atoms with Crippen molar-refractivity contribution in [2.24, 2.45) is 7.05 Å². The number of sulfonamides is 1. The number of hydrogen-bond donors (Lipinski definition) is 0. The summed E-state index contributed by atoms with van der Waals surface area (Å²) >= 11 is 7.12. The highest BCUT2D eigenvalue weighted by molar-refractivity contribution is 7.91. The maximum absolute atomic E-state index is 12.5. The van der Waals surface area contributed by atoms with Crippen LogP contribution in [0, 0.1) is 0 Å². The van der Waals surface area contributed by atoms with Gasteiger partial charge in [-0.2, -0.15) is 9.40 Å². The second-order valence-electron chi connectivity index (χ2n) is 4.82. The molecule has 6 nitrogen and oxygen atoms in total. The molecule has 0 unspecified atom stereocenters. The van der Waals surface area contributed by atoms with E-state index in [1.54, 1.807) is 22.3 Å². The van der Waals surface area contributed by atoms with Crippen molar-refractivity contribution in [2.75, 3.05) is 31.1 Å². The second kappa shape index (κ2) is 5.60. The zero-order valence-corrected chi connectivity index (χ0v) is 13.8. The molecule has 114 valence electrons. The molecule has 0 bridgehead atoms. The van der Waals surface area contributed by atoms with Gasteiger partial charge in [-0.1, -0.05) is 11.6 Å². The van der Waals surface area contributed by atoms with Crippen LogP contribution in [0.15, 0.2) is 28.0 Å². The first-order chi connectivity index (χ1) is 9.98. The van der Waals surface area contributed by atoms with Crippen LogP contribution in [0.25, 0.3) is 0 Å². The zero-order valence-electron chi connectivity index (χ0n) is 11.4. The predicted octanol–water partition coefficient (Wildman–Crippen LogP) is 1.65. The van der Waals surface area contributed by atoms with Crippen LogP contribution in [0.4, 0.5) is 5.69 Å². The number of thiophene rings is 1. The number of aromatic nitrogens is 2. The Balaban J connectivity index is 1.73. The molecule has 21 heavy (non-hydrogen) atoms. The summed E-state index contributed by atoms with van der Waals surface area (Å²) in [6.45, 7) is 2.19. The highest BCUT2D eigenvalue weighted by atomic mass is 35.5. The Morgan fingerprint density at radius 1 is 1.29 bits per heavy atom. The lowest BCUT2D eigenvalue weighted by Gasteiger charge is -2.34. The number of nitrogens with zero attached hydrogens (tertiary/aromatic N) is 4. The van der Waals surface area contributed by atoms with E-state index in [9.17, 15) is 8.42 Å². The molecule has 0 atom stereocenters. The van der Waals surface area contributed by atoms with E-state index in [-0.39, 0.29) is 4.21 Å². The average Bonchev–Trinajstić information content (AvgIpc) is 3.08. The van der Waals surface area contributed by atoms with Gasteiger partial charge in [-0.3, -0.25) is 4.68 Å². The van der Waals surface area contributed by atoms with Crippen LogP contribution in [-0.4, -0.2) is 48.7 Å². The number of halogens is 1. The molecule has 0 aliphatic carbocycles. The van der Waals surface area contributed by atoms with Crippen LogP contribution < -0.4 is 4.90 Å². The van der Waals surface area contributed by atoms with Gasteiger partial charge in [0.05, 0.1) is 16.9 Å². The van der Waals surface area contributed by atoms with Gasteiger partial charge < -0.3 is 4.90 Å². The van der Waals surface area contributed by atoms with Crippen molar-refractivity contribution in [3.05, 3.63) is 28.9 Å². The van der Waals surface area contributed by atoms with Gasteiger partial charge in [0.2, 0.25) is 0 Å². The predicted molar refractivity (Wildman–Crippen MR) is 83.5 cm³/mol. The Labute approximate surface area is 132 Å². The lowest BCUT2D eigenvalue weighted by atomic mass is 10.3. The first-order valence-electron chi connectivity index (χ1n) is 6.45. The van der Waals surface area contributed by atoms with E-state index in [0.29, 0.717) is 31.2 Å². The van der Waals surface area contributed by atoms with Crippen LogP contribution in [0.2, 0.25) is 5.02 Å². The van der Waals surface area contributed by atoms with Crippen molar-refractivity contribution in [1.29, 1.82) is 0 Å². The van der Waals surface area contributed by atoms with Gasteiger partial charge in [0.1, 0.15) is 0 Å². The van der Waals surface area contributed by atoms with Crippen molar-refractivity contribution < 1.29 is 8.42 Å². The van der Waals surface area contributed by atoms with Gasteiger partial charge in [-0.25, -0.2) is 8.42 Å². The molecule has 3 rings (SSSR count). The third kappa shape index (κ3) is 2.80. The van der Waals surface area contributed by atoms with Gasteiger partial charge in [0, 0.05) is 39.4 Å². The number of hydrogen-bond acceptors (Lipinski definition) is 5. The average molecular weight is 347 g/mol. The molecule has 9 heteroatoms. The fraction of sp³-hybridized carbons (Fsp3) is 0.417. The van der Waals surface area contributed by atoms with Gasteiger partial charge in [0.25, 0.3) is 10.0 Å². The molecule has 0 spiro atoms. The largest absolute Gasteiger partial charge is 0.366 e. The van der Waals surface area contributed by atoms with Gasteiger partial charge >= 0.3 is 0 Å². The molecule has 1 saturated heterocycles. The summed E-state index contributed by atoms with van der Waals surface area (Å²) in [6.07, 6.45) is 3.72. The molecular weight excluding hydrogens is 332 g/mol. The maximum atomic E-state index is 12.5.